The average Bonchev–Trinajstić information content (AvgIpc) is 3.75. The van der Waals surface area contributed by atoms with Gasteiger partial charge in [0.1, 0.15) is 27.9 Å². The maximum Gasteiger partial charge on any atom is 0.139 e. The first-order valence-electron chi connectivity index (χ1n) is 14.5. The molecular formula is C40H22O3. The fourth-order valence-corrected chi connectivity index (χ4v) is 7.05. The van der Waals surface area contributed by atoms with Crippen LogP contribution in [-0.4, -0.2) is 0 Å². The van der Waals surface area contributed by atoms with Gasteiger partial charge in [-0.3, -0.25) is 0 Å². The molecule has 0 aliphatic rings. The lowest BCUT2D eigenvalue weighted by Crippen LogP contribution is -1.90. The van der Waals surface area contributed by atoms with Crippen LogP contribution in [-0.2, 0) is 0 Å². The molecule has 10 aromatic rings. The van der Waals surface area contributed by atoms with E-state index in [0.29, 0.717) is 0 Å². The highest BCUT2D eigenvalue weighted by molar-refractivity contribution is 6.24. The van der Waals surface area contributed by atoms with Crippen LogP contribution in [0.3, 0.4) is 0 Å². The molecule has 0 saturated heterocycles. The SMILES string of the molecule is c1ccc2c(c1)oc1cc(-c3c4ccccc4c(-c4coc5cc6oc7ccccc7c6cc45)c4ccccc34)ccc12. The molecule has 3 nitrogen and oxygen atoms in total. The van der Waals surface area contributed by atoms with Gasteiger partial charge >= 0.3 is 0 Å². The molecule has 0 atom stereocenters. The third kappa shape index (κ3) is 3.14. The molecule has 0 aliphatic heterocycles. The van der Waals surface area contributed by atoms with E-state index in [9.17, 15) is 0 Å². The normalized spacial score (nSPS) is 12.2. The zero-order valence-electron chi connectivity index (χ0n) is 22.9. The average molecular weight is 551 g/mol. The third-order valence-electron chi connectivity index (χ3n) is 8.94. The molecule has 0 saturated carbocycles. The Kier molecular flexibility index (Phi) is 4.45. The second-order valence-electron chi connectivity index (χ2n) is 11.2. The fraction of sp³-hybridized carbons (Fsp3) is 0. The van der Waals surface area contributed by atoms with E-state index in [4.69, 9.17) is 13.3 Å². The summed E-state index contributed by atoms with van der Waals surface area (Å²) in [6, 6.07) is 44.7. The van der Waals surface area contributed by atoms with Crippen molar-refractivity contribution in [3.8, 4) is 22.3 Å². The molecule has 0 radical (unpaired) electrons. The molecule has 0 bridgehead atoms. The number of para-hydroxylation sites is 2. The molecule has 43 heavy (non-hydrogen) atoms. The molecule has 3 aromatic heterocycles. The minimum atomic E-state index is 0.814. The van der Waals surface area contributed by atoms with E-state index in [1.54, 1.807) is 0 Å². The van der Waals surface area contributed by atoms with E-state index in [0.717, 1.165) is 66.0 Å². The quantitative estimate of drug-likeness (QED) is 0.201. The second kappa shape index (κ2) is 8.37. The van der Waals surface area contributed by atoms with Crippen molar-refractivity contribution in [2.75, 3.05) is 0 Å². The van der Waals surface area contributed by atoms with Gasteiger partial charge in [-0.25, -0.2) is 0 Å². The van der Waals surface area contributed by atoms with Crippen molar-refractivity contribution in [2.24, 2.45) is 0 Å². The van der Waals surface area contributed by atoms with E-state index < -0.39 is 0 Å². The van der Waals surface area contributed by atoms with Crippen molar-refractivity contribution in [1.29, 1.82) is 0 Å². The van der Waals surface area contributed by atoms with Gasteiger partial charge in [0.05, 0.1) is 6.26 Å². The monoisotopic (exact) mass is 550 g/mol. The van der Waals surface area contributed by atoms with Crippen molar-refractivity contribution in [3.05, 3.63) is 134 Å². The molecule has 200 valence electrons. The largest absolute Gasteiger partial charge is 0.464 e. The molecule has 0 spiro atoms. The van der Waals surface area contributed by atoms with Gasteiger partial charge in [-0.2, -0.15) is 0 Å². The standard InChI is InChI=1S/C40H22O3/c1-3-13-29-27(11-1)39(23-17-18-26-24-9-5-7-15-34(24)42-37(26)19-23)28-12-2-4-14-30(28)40(29)33-22-41-36-21-38-31(20-32(33)36)25-10-6-8-16-35(25)43-38/h1-22H. The maximum atomic E-state index is 6.31. The summed E-state index contributed by atoms with van der Waals surface area (Å²) >= 11 is 0. The predicted octanol–water partition coefficient (Wildman–Crippen LogP) is 11.9. The van der Waals surface area contributed by atoms with Crippen molar-refractivity contribution < 1.29 is 13.3 Å². The molecule has 10 rings (SSSR count). The lowest BCUT2D eigenvalue weighted by Gasteiger charge is -2.17. The van der Waals surface area contributed by atoms with Crippen LogP contribution in [0.15, 0.2) is 147 Å². The summed E-state index contributed by atoms with van der Waals surface area (Å²) in [7, 11) is 0. The van der Waals surface area contributed by atoms with E-state index in [1.165, 1.54) is 32.7 Å². The van der Waals surface area contributed by atoms with Gasteiger partial charge in [0.25, 0.3) is 0 Å². The minimum absolute atomic E-state index is 0.814. The Morgan fingerprint density at radius 1 is 0.326 bits per heavy atom. The minimum Gasteiger partial charge on any atom is -0.464 e. The highest BCUT2D eigenvalue weighted by Gasteiger charge is 2.21. The Labute approximate surface area is 245 Å². The molecule has 0 fully saturated rings. The topological polar surface area (TPSA) is 39.4 Å². The van der Waals surface area contributed by atoms with Crippen molar-refractivity contribution in [2.45, 2.75) is 0 Å². The molecule has 7 aromatic carbocycles. The molecule has 0 amide bonds. The lowest BCUT2D eigenvalue weighted by atomic mass is 9.85. The Morgan fingerprint density at radius 3 is 1.49 bits per heavy atom. The van der Waals surface area contributed by atoms with Crippen LogP contribution in [0.5, 0.6) is 0 Å². The smallest absolute Gasteiger partial charge is 0.139 e. The Bertz CT molecular complexity index is 2680. The van der Waals surface area contributed by atoms with Gasteiger partial charge in [0.15, 0.2) is 0 Å². The van der Waals surface area contributed by atoms with Gasteiger partial charge in [0, 0.05) is 44.1 Å². The summed E-state index contributed by atoms with van der Waals surface area (Å²) in [6.45, 7) is 0. The fourth-order valence-electron chi connectivity index (χ4n) is 7.05. The van der Waals surface area contributed by atoms with E-state index in [2.05, 4.69) is 97.1 Å². The van der Waals surface area contributed by atoms with Gasteiger partial charge in [-0.15, -0.1) is 0 Å². The molecule has 3 heteroatoms. The van der Waals surface area contributed by atoms with Gasteiger partial charge < -0.3 is 13.3 Å². The summed E-state index contributed by atoms with van der Waals surface area (Å²) in [5.41, 5.74) is 8.92. The summed E-state index contributed by atoms with van der Waals surface area (Å²) in [6.07, 6.45) is 1.90. The lowest BCUT2D eigenvalue weighted by molar-refractivity contribution is 0.614. The molecular weight excluding hydrogens is 528 g/mol. The van der Waals surface area contributed by atoms with Crippen LogP contribution in [0.1, 0.15) is 0 Å². The number of hydrogen-bond donors (Lipinski definition) is 0. The summed E-state index contributed by atoms with van der Waals surface area (Å²) in [5, 5.41) is 10.3. The third-order valence-corrected chi connectivity index (χ3v) is 8.94. The van der Waals surface area contributed by atoms with Crippen LogP contribution in [0, 0.1) is 0 Å². The van der Waals surface area contributed by atoms with Gasteiger partial charge in [0.2, 0.25) is 0 Å². The van der Waals surface area contributed by atoms with Gasteiger partial charge in [-0.1, -0.05) is 91.0 Å². The molecule has 0 aliphatic carbocycles. The Balaban J connectivity index is 1.29. The Morgan fingerprint density at radius 2 is 0.837 bits per heavy atom. The molecule has 0 unspecified atom stereocenters. The summed E-state index contributed by atoms with van der Waals surface area (Å²) in [4.78, 5) is 0. The number of fused-ring (bicyclic) bond motifs is 9. The van der Waals surface area contributed by atoms with Gasteiger partial charge in [-0.05, 0) is 63.0 Å². The predicted molar refractivity (Wildman–Crippen MR) is 177 cm³/mol. The number of rotatable bonds is 2. The second-order valence-corrected chi connectivity index (χ2v) is 11.2. The summed E-state index contributed by atoms with van der Waals surface area (Å²) < 4.78 is 18.7. The molecule has 3 heterocycles. The highest BCUT2D eigenvalue weighted by atomic mass is 16.3. The number of furan rings is 3. The Hall–Kier alpha value is -5.80. The van der Waals surface area contributed by atoms with Crippen molar-refractivity contribution in [1.82, 2.24) is 0 Å². The van der Waals surface area contributed by atoms with Crippen LogP contribution < -0.4 is 0 Å². The van der Waals surface area contributed by atoms with Crippen LogP contribution >= 0.6 is 0 Å². The van der Waals surface area contributed by atoms with Crippen molar-refractivity contribution >= 4 is 76.4 Å². The first-order chi connectivity index (χ1) is 21.3. The van der Waals surface area contributed by atoms with Crippen LogP contribution in [0.2, 0.25) is 0 Å². The van der Waals surface area contributed by atoms with E-state index in [1.807, 2.05) is 36.6 Å². The zero-order valence-corrected chi connectivity index (χ0v) is 22.9. The van der Waals surface area contributed by atoms with Crippen LogP contribution in [0.4, 0.5) is 0 Å². The zero-order chi connectivity index (χ0) is 28.1. The maximum absolute atomic E-state index is 6.31. The summed E-state index contributed by atoms with van der Waals surface area (Å²) in [5.74, 6) is 0. The number of hydrogen-bond acceptors (Lipinski definition) is 3. The first-order valence-corrected chi connectivity index (χ1v) is 14.5. The van der Waals surface area contributed by atoms with Crippen molar-refractivity contribution in [3.63, 3.8) is 0 Å². The first kappa shape index (κ1) is 22.8. The molecule has 0 N–H and O–H groups in total. The highest BCUT2D eigenvalue weighted by Crippen LogP contribution is 2.47. The van der Waals surface area contributed by atoms with E-state index in [-0.39, 0.29) is 0 Å². The van der Waals surface area contributed by atoms with Crippen LogP contribution in [0.25, 0.3) is 98.6 Å². The number of benzene rings is 7. The van der Waals surface area contributed by atoms with E-state index >= 15 is 0 Å².